The van der Waals surface area contributed by atoms with E-state index < -0.39 is 23.9 Å². The number of benzene rings is 1. The maximum Gasteiger partial charge on any atom is 0.325 e. The van der Waals surface area contributed by atoms with Gasteiger partial charge in [0.05, 0.1) is 19.7 Å². The van der Waals surface area contributed by atoms with Gasteiger partial charge in [0.1, 0.15) is 12.3 Å². The van der Waals surface area contributed by atoms with E-state index in [1.54, 1.807) is 43.8 Å². The summed E-state index contributed by atoms with van der Waals surface area (Å²) in [6, 6.07) is 9.87. The molecule has 0 unspecified atom stereocenters. The molecule has 0 radical (unpaired) electrons. The first-order valence-corrected chi connectivity index (χ1v) is 8.00. The van der Waals surface area contributed by atoms with Crippen LogP contribution in [0.5, 0.6) is 5.75 Å². The zero-order valence-electron chi connectivity index (χ0n) is 14.1. The maximum absolute atomic E-state index is 12.4. The number of nitrogens with one attached hydrogen (secondary N) is 2. The van der Waals surface area contributed by atoms with E-state index in [-0.39, 0.29) is 13.1 Å². The summed E-state index contributed by atoms with van der Waals surface area (Å²) >= 11 is 0. The van der Waals surface area contributed by atoms with E-state index in [9.17, 15) is 14.4 Å². The third kappa shape index (κ3) is 3.80. The molecule has 26 heavy (non-hydrogen) atoms. The van der Waals surface area contributed by atoms with Crippen molar-refractivity contribution < 1.29 is 19.1 Å². The number of carbonyl (C=O) groups is 3. The highest BCUT2D eigenvalue weighted by Crippen LogP contribution is 2.23. The summed E-state index contributed by atoms with van der Waals surface area (Å²) in [7, 11) is 1.58. The summed E-state index contributed by atoms with van der Waals surface area (Å²) in [5, 5.41) is 5.26. The van der Waals surface area contributed by atoms with Crippen molar-refractivity contribution >= 4 is 17.8 Å². The molecule has 1 aromatic carbocycles. The Labute approximate surface area is 150 Å². The Bertz CT molecular complexity index is 792. The van der Waals surface area contributed by atoms with E-state index in [0.29, 0.717) is 5.75 Å². The standard InChI is InChI=1S/C18H18N4O4/c1-26-14-4-2-12(3-5-14)17(13-6-8-19-9-7-13)21-15(23)11-22-16(24)10-20-18(22)25/h2-9,17H,10-11H2,1H3,(H,20,25)(H,21,23)/t17-/m1/s1. The van der Waals surface area contributed by atoms with Crippen LogP contribution in [0.2, 0.25) is 0 Å². The zero-order chi connectivity index (χ0) is 18.5. The van der Waals surface area contributed by atoms with Gasteiger partial charge in [0, 0.05) is 12.4 Å². The van der Waals surface area contributed by atoms with Crippen LogP contribution in [0, 0.1) is 0 Å². The minimum Gasteiger partial charge on any atom is -0.497 e. The second-order valence-electron chi connectivity index (χ2n) is 5.69. The Hall–Kier alpha value is -3.42. The van der Waals surface area contributed by atoms with Gasteiger partial charge >= 0.3 is 6.03 Å². The molecule has 2 heterocycles. The predicted molar refractivity (Wildman–Crippen MR) is 92.3 cm³/mol. The third-order valence-electron chi connectivity index (χ3n) is 4.03. The molecule has 2 N–H and O–H groups in total. The molecular weight excluding hydrogens is 336 g/mol. The number of imide groups is 1. The molecule has 0 bridgehead atoms. The summed E-state index contributed by atoms with van der Waals surface area (Å²) in [6.07, 6.45) is 3.27. The van der Waals surface area contributed by atoms with Crippen LogP contribution in [0.25, 0.3) is 0 Å². The SMILES string of the molecule is COc1ccc([C@@H](NC(=O)CN2C(=O)CNC2=O)c2ccncc2)cc1. The normalized spacial score (nSPS) is 14.7. The van der Waals surface area contributed by atoms with Crippen molar-refractivity contribution in [3.63, 3.8) is 0 Å². The summed E-state index contributed by atoms with van der Waals surface area (Å²) in [6.45, 7) is -0.416. The first-order valence-electron chi connectivity index (χ1n) is 8.00. The number of carbonyl (C=O) groups excluding carboxylic acids is 3. The molecule has 1 saturated heterocycles. The van der Waals surface area contributed by atoms with Crippen LogP contribution in [0.4, 0.5) is 4.79 Å². The fourth-order valence-electron chi connectivity index (χ4n) is 2.68. The van der Waals surface area contributed by atoms with Gasteiger partial charge in [-0.25, -0.2) is 4.79 Å². The number of hydrogen-bond acceptors (Lipinski definition) is 5. The van der Waals surface area contributed by atoms with Crippen LogP contribution in [0.1, 0.15) is 17.2 Å². The number of urea groups is 1. The first-order chi connectivity index (χ1) is 12.6. The Morgan fingerprint density at radius 2 is 1.85 bits per heavy atom. The molecule has 134 valence electrons. The van der Waals surface area contributed by atoms with Gasteiger partial charge in [-0.15, -0.1) is 0 Å². The number of ether oxygens (including phenoxy) is 1. The van der Waals surface area contributed by atoms with Crippen molar-refractivity contribution in [1.29, 1.82) is 0 Å². The molecule has 1 aliphatic heterocycles. The Morgan fingerprint density at radius 1 is 1.19 bits per heavy atom. The summed E-state index contributed by atoms with van der Waals surface area (Å²) in [5.74, 6) is -0.157. The first kappa shape index (κ1) is 17.4. The lowest BCUT2D eigenvalue weighted by atomic mass is 9.99. The van der Waals surface area contributed by atoms with Crippen LogP contribution in [-0.4, -0.2) is 47.9 Å². The topological polar surface area (TPSA) is 101 Å². The van der Waals surface area contributed by atoms with Crippen molar-refractivity contribution in [2.45, 2.75) is 6.04 Å². The van der Waals surface area contributed by atoms with Crippen LogP contribution >= 0.6 is 0 Å². The van der Waals surface area contributed by atoms with Crippen LogP contribution in [0.15, 0.2) is 48.8 Å². The summed E-state index contributed by atoms with van der Waals surface area (Å²) < 4.78 is 5.16. The van der Waals surface area contributed by atoms with Gasteiger partial charge in [-0.2, -0.15) is 0 Å². The van der Waals surface area contributed by atoms with E-state index >= 15 is 0 Å². The van der Waals surface area contributed by atoms with E-state index in [1.807, 2.05) is 12.1 Å². The second kappa shape index (κ2) is 7.64. The quantitative estimate of drug-likeness (QED) is 0.749. The number of aromatic nitrogens is 1. The molecule has 1 aromatic heterocycles. The number of rotatable bonds is 6. The molecule has 8 heteroatoms. The molecular formula is C18H18N4O4. The van der Waals surface area contributed by atoms with E-state index in [4.69, 9.17) is 4.74 Å². The number of pyridine rings is 1. The van der Waals surface area contributed by atoms with Crippen molar-refractivity contribution in [2.24, 2.45) is 0 Å². The van der Waals surface area contributed by atoms with Gasteiger partial charge in [0.2, 0.25) is 5.91 Å². The molecule has 1 atom stereocenters. The highest BCUT2D eigenvalue weighted by atomic mass is 16.5. The zero-order valence-corrected chi connectivity index (χ0v) is 14.1. The van der Waals surface area contributed by atoms with Crippen LogP contribution in [0.3, 0.4) is 0 Å². The van der Waals surface area contributed by atoms with Crippen molar-refractivity contribution in [1.82, 2.24) is 20.5 Å². The van der Waals surface area contributed by atoms with Crippen LogP contribution < -0.4 is 15.4 Å². The molecule has 4 amide bonds. The monoisotopic (exact) mass is 354 g/mol. The Balaban J connectivity index is 1.80. The molecule has 0 spiro atoms. The number of amides is 4. The van der Waals surface area contributed by atoms with E-state index in [2.05, 4.69) is 15.6 Å². The fourth-order valence-corrected chi connectivity index (χ4v) is 2.68. The number of hydrogen-bond donors (Lipinski definition) is 2. The van der Waals surface area contributed by atoms with Gasteiger partial charge < -0.3 is 15.4 Å². The van der Waals surface area contributed by atoms with Crippen molar-refractivity contribution in [3.05, 3.63) is 59.9 Å². The summed E-state index contributed by atoms with van der Waals surface area (Å²) in [5.41, 5.74) is 1.67. The lowest BCUT2D eigenvalue weighted by molar-refractivity contribution is -0.130. The molecule has 0 aliphatic carbocycles. The summed E-state index contributed by atoms with van der Waals surface area (Å²) in [4.78, 5) is 40.6. The predicted octanol–water partition coefficient (Wildman–Crippen LogP) is 0.848. The fraction of sp³-hybridized carbons (Fsp3) is 0.222. The third-order valence-corrected chi connectivity index (χ3v) is 4.03. The minimum absolute atomic E-state index is 0.0849. The lowest BCUT2D eigenvalue weighted by Crippen LogP contribution is -2.42. The van der Waals surface area contributed by atoms with Gasteiger partial charge in [0.15, 0.2) is 0 Å². The largest absolute Gasteiger partial charge is 0.497 e. The highest BCUT2D eigenvalue weighted by Gasteiger charge is 2.31. The van der Waals surface area contributed by atoms with Gasteiger partial charge in [0.25, 0.3) is 5.91 Å². The van der Waals surface area contributed by atoms with Gasteiger partial charge in [-0.3, -0.25) is 19.5 Å². The average Bonchev–Trinajstić information content (AvgIpc) is 2.99. The maximum atomic E-state index is 12.4. The van der Waals surface area contributed by atoms with Crippen molar-refractivity contribution in [2.75, 3.05) is 20.2 Å². The van der Waals surface area contributed by atoms with E-state index in [0.717, 1.165) is 16.0 Å². The molecule has 3 rings (SSSR count). The van der Waals surface area contributed by atoms with Gasteiger partial charge in [-0.05, 0) is 35.4 Å². The number of nitrogens with zero attached hydrogens (tertiary/aromatic N) is 2. The molecule has 0 saturated carbocycles. The van der Waals surface area contributed by atoms with Gasteiger partial charge in [-0.1, -0.05) is 12.1 Å². The van der Waals surface area contributed by atoms with Crippen LogP contribution in [-0.2, 0) is 9.59 Å². The highest BCUT2D eigenvalue weighted by molar-refractivity contribution is 6.04. The van der Waals surface area contributed by atoms with E-state index in [1.165, 1.54) is 0 Å². The molecule has 1 aliphatic rings. The molecule has 2 aromatic rings. The smallest absolute Gasteiger partial charge is 0.325 e. The Morgan fingerprint density at radius 3 is 2.42 bits per heavy atom. The average molecular weight is 354 g/mol. The Kier molecular flexibility index (Phi) is 5.12. The minimum atomic E-state index is -0.560. The number of methoxy groups -OCH3 is 1. The molecule has 8 nitrogen and oxygen atoms in total. The lowest BCUT2D eigenvalue weighted by Gasteiger charge is -2.21. The molecule has 1 fully saturated rings. The second-order valence-corrected chi connectivity index (χ2v) is 5.69. The van der Waals surface area contributed by atoms with Crippen molar-refractivity contribution in [3.8, 4) is 5.75 Å².